The van der Waals surface area contributed by atoms with Crippen molar-refractivity contribution >= 4 is 5.91 Å². The van der Waals surface area contributed by atoms with Crippen LogP contribution in [0.4, 0.5) is 13.2 Å². The van der Waals surface area contributed by atoms with Crippen LogP contribution in [0.25, 0.3) is 0 Å². The molecule has 0 aliphatic rings. The molecule has 2 aromatic heterocycles. The Morgan fingerprint density at radius 1 is 1.28 bits per heavy atom. The first-order valence-electron chi connectivity index (χ1n) is 7.81. The standard InChI is InChI=1S/C16H20F3N5O/c1-9(2)14-20-5-6-24(14)11(4)15(25)21-8-13-22-10(3)7-12(23-13)16(17,18)19/h5-7,9,11H,8H2,1-4H3,(H,21,25)/t11-/m0/s1. The van der Waals surface area contributed by atoms with Gasteiger partial charge < -0.3 is 9.88 Å². The van der Waals surface area contributed by atoms with Crippen LogP contribution in [0.5, 0.6) is 0 Å². The molecule has 6 nitrogen and oxygen atoms in total. The van der Waals surface area contributed by atoms with Crippen molar-refractivity contribution in [3.05, 3.63) is 41.5 Å². The number of hydrogen-bond donors (Lipinski definition) is 1. The van der Waals surface area contributed by atoms with E-state index in [-0.39, 0.29) is 29.9 Å². The number of aromatic nitrogens is 4. The van der Waals surface area contributed by atoms with E-state index in [1.54, 1.807) is 23.9 Å². The zero-order valence-electron chi connectivity index (χ0n) is 14.4. The number of amides is 1. The number of aryl methyl sites for hydroxylation is 1. The normalized spacial score (nSPS) is 13.1. The van der Waals surface area contributed by atoms with Crippen molar-refractivity contribution < 1.29 is 18.0 Å². The summed E-state index contributed by atoms with van der Waals surface area (Å²) in [6, 6.07) is 0.320. The molecule has 1 N–H and O–H groups in total. The van der Waals surface area contributed by atoms with E-state index < -0.39 is 17.9 Å². The predicted molar refractivity (Wildman–Crippen MR) is 84.6 cm³/mol. The molecule has 9 heteroatoms. The zero-order chi connectivity index (χ0) is 18.8. The van der Waals surface area contributed by atoms with Crippen molar-refractivity contribution in [1.82, 2.24) is 24.8 Å². The lowest BCUT2D eigenvalue weighted by Gasteiger charge is -2.17. The second-order valence-corrected chi connectivity index (χ2v) is 6.05. The summed E-state index contributed by atoms with van der Waals surface area (Å²) in [6.45, 7) is 6.89. The molecule has 2 rings (SSSR count). The van der Waals surface area contributed by atoms with Crippen LogP contribution in [0.15, 0.2) is 18.5 Å². The first-order chi connectivity index (χ1) is 11.6. The zero-order valence-corrected chi connectivity index (χ0v) is 14.4. The Bertz CT molecular complexity index is 754. The lowest BCUT2D eigenvalue weighted by atomic mass is 10.2. The van der Waals surface area contributed by atoms with Gasteiger partial charge >= 0.3 is 6.18 Å². The molecule has 25 heavy (non-hydrogen) atoms. The minimum atomic E-state index is -4.55. The van der Waals surface area contributed by atoms with Gasteiger partial charge in [0.1, 0.15) is 23.4 Å². The molecule has 2 heterocycles. The topological polar surface area (TPSA) is 72.7 Å². The van der Waals surface area contributed by atoms with Crippen LogP contribution in [-0.2, 0) is 17.5 Å². The molecule has 0 aliphatic carbocycles. The summed E-state index contributed by atoms with van der Waals surface area (Å²) < 4.78 is 40.1. The minimum absolute atomic E-state index is 0.0809. The molecule has 2 aromatic rings. The highest BCUT2D eigenvalue weighted by Gasteiger charge is 2.33. The minimum Gasteiger partial charge on any atom is -0.347 e. The second kappa shape index (κ2) is 7.20. The smallest absolute Gasteiger partial charge is 0.347 e. The number of halogens is 3. The molecule has 0 aromatic carbocycles. The van der Waals surface area contributed by atoms with Crippen LogP contribution >= 0.6 is 0 Å². The lowest BCUT2D eigenvalue weighted by molar-refractivity contribution is -0.141. The SMILES string of the molecule is Cc1cc(C(F)(F)F)nc(CNC(=O)[C@H](C)n2ccnc2C(C)C)n1. The maximum atomic E-state index is 12.8. The fraction of sp³-hybridized carbons (Fsp3) is 0.500. The van der Waals surface area contributed by atoms with E-state index in [4.69, 9.17) is 0 Å². The largest absolute Gasteiger partial charge is 0.433 e. The summed E-state index contributed by atoms with van der Waals surface area (Å²) in [6.07, 6.45) is -1.24. The van der Waals surface area contributed by atoms with Crippen LogP contribution in [0.2, 0.25) is 0 Å². The van der Waals surface area contributed by atoms with Gasteiger partial charge in [0.2, 0.25) is 5.91 Å². The van der Waals surface area contributed by atoms with E-state index in [0.29, 0.717) is 0 Å². The molecule has 0 unspecified atom stereocenters. The number of alkyl halides is 3. The highest BCUT2D eigenvalue weighted by atomic mass is 19.4. The Morgan fingerprint density at radius 2 is 1.96 bits per heavy atom. The summed E-state index contributed by atoms with van der Waals surface area (Å²) >= 11 is 0. The van der Waals surface area contributed by atoms with Crippen LogP contribution in [0.1, 0.15) is 55.8 Å². The van der Waals surface area contributed by atoms with Gasteiger partial charge in [-0.3, -0.25) is 4.79 Å². The van der Waals surface area contributed by atoms with Gasteiger partial charge in [0, 0.05) is 24.0 Å². The lowest BCUT2D eigenvalue weighted by Crippen LogP contribution is -2.32. The maximum Gasteiger partial charge on any atom is 0.433 e. The summed E-state index contributed by atoms with van der Waals surface area (Å²) in [5, 5.41) is 2.58. The highest BCUT2D eigenvalue weighted by Crippen LogP contribution is 2.27. The van der Waals surface area contributed by atoms with E-state index in [2.05, 4.69) is 20.3 Å². The van der Waals surface area contributed by atoms with Gasteiger partial charge in [-0.2, -0.15) is 13.2 Å². The van der Waals surface area contributed by atoms with Gasteiger partial charge in [-0.1, -0.05) is 13.8 Å². The molecule has 136 valence electrons. The molecule has 0 radical (unpaired) electrons. The summed E-state index contributed by atoms with van der Waals surface area (Å²) in [5.74, 6) is 0.467. The Kier molecular flexibility index (Phi) is 5.44. The van der Waals surface area contributed by atoms with E-state index >= 15 is 0 Å². The average molecular weight is 355 g/mol. The van der Waals surface area contributed by atoms with Crippen LogP contribution in [-0.4, -0.2) is 25.4 Å². The number of carbonyl (C=O) groups excluding carboxylic acids is 1. The maximum absolute atomic E-state index is 12.8. The molecular weight excluding hydrogens is 335 g/mol. The highest BCUT2D eigenvalue weighted by molar-refractivity contribution is 5.79. The van der Waals surface area contributed by atoms with Crippen LogP contribution < -0.4 is 5.32 Å². The van der Waals surface area contributed by atoms with Gasteiger partial charge in [0.05, 0.1) is 6.54 Å². The van der Waals surface area contributed by atoms with Crippen LogP contribution in [0.3, 0.4) is 0 Å². The number of imidazole rings is 1. The molecule has 0 aliphatic heterocycles. The van der Waals surface area contributed by atoms with E-state index in [0.717, 1.165) is 11.9 Å². The molecule has 0 bridgehead atoms. The van der Waals surface area contributed by atoms with Gasteiger partial charge in [0.15, 0.2) is 0 Å². The molecule has 0 spiro atoms. The molecule has 0 fully saturated rings. The van der Waals surface area contributed by atoms with Crippen molar-refractivity contribution in [2.24, 2.45) is 0 Å². The van der Waals surface area contributed by atoms with Gasteiger partial charge in [0.25, 0.3) is 0 Å². The van der Waals surface area contributed by atoms with Crippen molar-refractivity contribution in [2.45, 2.75) is 52.4 Å². The number of nitrogens with one attached hydrogen (secondary N) is 1. The Balaban J connectivity index is 2.09. The third-order valence-electron chi connectivity index (χ3n) is 3.62. The molecule has 0 saturated carbocycles. The number of hydrogen-bond acceptors (Lipinski definition) is 4. The third kappa shape index (κ3) is 4.55. The fourth-order valence-electron chi connectivity index (χ4n) is 2.39. The monoisotopic (exact) mass is 355 g/mol. The average Bonchev–Trinajstić information content (AvgIpc) is 3.00. The molecular formula is C16H20F3N5O. The molecule has 0 saturated heterocycles. The number of carbonyl (C=O) groups is 1. The van der Waals surface area contributed by atoms with Crippen molar-refractivity contribution in [2.75, 3.05) is 0 Å². The van der Waals surface area contributed by atoms with E-state index in [1.165, 1.54) is 6.92 Å². The summed E-state index contributed by atoms with van der Waals surface area (Å²) in [4.78, 5) is 24.0. The fourth-order valence-corrected chi connectivity index (χ4v) is 2.39. The van der Waals surface area contributed by atoms with E-state index in [9.17, 15) is 18.0 Å². The molecule has 1 atom stereocenters. The van der Waals surface area contributed by atoms with Gasteiger partial charge in [-0.25, -0.2) is 15.0 Å². The Morgan fingerprint density at radius 3 is 2.56 bits per heavy atom. The van der Waals surface area contributed by atoms with Crippen molar-refractivity contribution in [1.29, 1.82) is 0 Å². The van der Waals surface area contributed by atoms with Gasteiger partial charge in [-0.05, 0) is 19.9 Å². The quantitative estimate of drug-likeness (QED) is 0.895. The van der Waals surface area contributed by atoms with E-state index in [1.807, 2.05) is 13.8 Å². The number of rotatable bonds is 5. The summed E-state index contributed by atoms with van der Waals surface area (Å²) in [7, 11) is 0. The first kappa shape index (κ1) is 18.9. The third-order valence-corrected chi connectivity index (χ3v) is 3.62. The molecule has 1 amide bonds. The Hall–Kier alpha value is -2.45. The predicted octanol–water partition coefficient (Wildman–Crippen LogP) is 3.00. The second-order valence-electron chi connectivity index (χ2n) is 6.05. The van der Waals surface area contributed by atoms with Crippen molar-refractivity contribution in [3.8, 4) is 0 Å². The number of nitrogens with zero attached hydrogens (tertiary/aromatic N) is 4. The van der Waals surface area contributed by atoms with Crippen molar-refractivity contribution in [3.63, 3.8) is 0 Å². The van der Waals surface area contributed by atoms with Gasteiger partial charge in [-0.15, -0.1) is 0 Å². The summed E-state index contributed by atoms with van der Waals surface area (Å²) in [5.41, 5.74) is -0.828. The first-order valence-corrected chi connectivity index (χ1v) is 7.81. The van der Waals surface area contributed by atoms with Crippen LogP contribution in [0, 0.1) is 6.92 Å². The Labute approximate surface area is 143 Å².